The Hall–Kier alpha value is -2.73. The van der Waals surface area contributed by atoms with Crippen molar-refractivity contribution >= 4 is 17.6 Å². The molecule has 3 rings (SSSR count). The standard InChI is InChI=1S/C17H14ClNO5/c1-10-12(16(19-24-10)17(20)21-2)9-23-15-6-5-11(8-13(15)18)14-4-3-7-22-14/h3-8H,9H2,1-2H3. The first-order valence-corrected chi connectivity index (χ1v) is 7.47. The van der Waals surface area contributed by atoms with Crippen LogP contribution in [0.3, 0.4) is 0 Å². The van der Waals surface area contributed by atoms with E-state index in [1.165, 1.54) is 7.11 Å². The van der Waals surface area contributed by atoms with E-state index in [9.17, 15) is 4.79 Å². The van der Waals surface area contributed by atoms with Crippen LogP contribution in [0.5, 0.6) is 5.75 Å². The second-order valence-electron chi connectivity index (χ2n) is 4.97. The Morgan fingerprint density at radius 1 is 1.33 bits per heavy atom. The predicted molar refractivity (Wildman–Crippen MR) is 86.1 cm³/mol. The molecule has 7 heteroatoms. The van der Waals surface area contributed by atoms with Gasteiger partial charge >= 0.3 is 5.97 Å². The van der Waals surface area contributed by atoms with Crippen molar-refractivity contribution in [3.05, 3.63) is 58.6 Å². The highest BCUT2D eigenvalue weighted by Gasteiger charge is 2.21. The zero-order valence-corrected chi connectivity index (χ0v) is 13.8. The maximum atomic E-state index is 11.7. The van der Waals surface area contributed by atoms with Crippen molar-refractivity contribution in [1.82, 2.24) is 5.16 Å². The van der Waals surface area contributed by atoms with Crippen LogP contribution in [0, 0.1) is 6.92 Å². The lowest BCUT2D eigenvalue weighted by Crippen LogP contribution is -2.08. The number of carbonyl (C=O) groups is 1. The van der Waals surface area contributed by atoms with Crippen LogP contribution in [0.2, 0.25) is 5.02 Å². The number of aryl methyl sites for hydroxylation is 1. The Labute approximate surface area is 142 Å². The van der Waals surface area contributed by atoms with Gasteiger partial charge in [-0.05, 0) is 37.3 Å². The summed E-state index contributed by atoms with van der Waals surface area (Å²) in [6.45, 7) is 1.78. The summed E-state index contributed by atoms with van der Waals surface area (Å²) < 4.78 is 20.7. The molecule has 0 aliphatic carbocycles. The van der Waals surface area contributed by atoms with E-state index < -0.39 is 5.97 Å². The van der Waals surface area contributed by atoms with Crippen molar-refractivity contribution in [1.29, 1.82) is 0 Å². The van der Waals surface area contributed by atoms with Crippen molar-refractivity contribution in [3.63, 3.8) is 0 Å². The highest BCUT2D eigenvalue weighted by Crippen LogP contribution is 2.31. The van der Waals surface area contributed by atoms with Crippen LogP contribution in [0.25, 0.3) is 11.3 Å². The lowest BCUT2D eigenvalue weighted by molar-refractivity contribution is 0.0586. The maximum absolute atomic E-state index is 11.7. The molecule has 0 saturated heterocycles. The maximum Gasteiger partial charge on any atom is 0.360 e. The predicted octanol–water partition coefficient (Wildman–Crippen LogP) is 4.26. The largest absolute Gasteiger partial charge is 0.487 e. The monoisotopic (exact) mass is 347 g/mol. The van der Waals surface area contributed by atoms with E-state index in [0.29, 0.717) is 27.9 Å². The third-order valence-corrected chi connectivity index (χ3v) is 3.77. The fourth-order valence-electron chi connectivity index (χ4n) is 2.18. The molecule has 0 aliphatic heterocycles. The molecule has 0 spiro atoms. The smallest absolute Gasteiger partial charge is 0.360 e. The van der Waals surface area contributed by atoms with Crippen LogP contribution < -0.4 is 4.74 Å². The van der Waals surface area contributed by atoms with Crippen molar-refractivity contribution in [3.8, 4) is 17.1 Å². The van der Waals surface area contributed by atoms with Gasteiger partial charge < -0.3 is 18.4 Å². The second-order valence-corrected chi connectivity index (χ2v) is 5.38. The summed E-state index contributed by atoms with van der Waals surface area (Å²) in [6.07, 6.45) is 1.59. The normalized spacial score (nSPS) is 10.6. The summed E-state index contributed by atoms with van der Waals surface area (Å²) in [5, 5.41) is 4.12. The van der Waals surface area contributed by atoms with Gasteiger partial charge in [0, 0.05) is 5.56 Å². The van der Waals surface area contributed by atoms with Crippen molar-refractivity contribution in [2.75, 3.05) is 7.11 Å². The van der Waals surface area contributed by atoms with E-state index in [2.05, 4.69) is 9.89 Å². The summed E-state index contributed by atoms with van der Waals surface area (Å²) in [5.74, 6) is 1.10. The summed E-state index contributed by atoms with van der Waals surface area (Å²) in [7, 11) is 1.28. The zero-order chi connectivity index (χ0) is 17.1. The van der Waals surface area contributed by atoms with Gasteiger partial charge in [-0.25, -0.2) is 4.79 Å². The van der Waals surface area contributed by atoms with Crippen molar-refractivity contribution in [2.24, 2.45) is 0 Å². The zero-order valence-electron chi connectivity index (χ0n) is 13.0. The minimum absolute atomic E-state index is 0.0829. The fourth-order valence-corrected chi connectivity index (χ4v) is 2.42. The van der Waals surface area contributed by atoms with Gasteiger partial charge in [-0.15, -0.1) is 0 Å². The topological polar surface area (TPSA) is 74.7 Å². The molecule has 6 nitrogen and oxygen atoms in total. The molecule has 0 unspecified atom stereocenters. The number of rotatable bonds is 5. The van der Waals surface area contributed by atoms with Gasteiger partial charge in [-0.1, -0.05) is 16.8 Å². The van der Waals surface area contributed by atoms with E-state index in [1.54, 1.807) is 31.4 Å². The summed E-state index contributed by atoms with van der Waals surface area (Å²) in [4.78, 5) is 11.7. The molecule has 0 N–H and O–H groups in total. The molecule has 1 aromatic carbocycles. The molecule has 2 heterocycles. The van der Waals surface area contributed by atoms with Crippen LogP contribution in [-0.2, 0) is 11.3 Å². The lowest BCUT2D eigenvalue weighted by Gasteiger charge is -2.09. The molecule has 124 valence electrons. The lowest BCUT2D eigenvalue weighted by atomic mass is 10.1. The number of furan rings is 1. The third kappa shape index (κ3) is 3.14. The quantitative estimate of drug-likeness (QED) is 0.642. The molecule has 0 aliphatic rings. The number of hydrogen-bond acceptors (Lipinski definition) is 6. The fraction of sp³-hybridized carbons (Fsp3) is 0.176. The number of esters is 1. The molecule has 0 atom stereocenters. The van der Waals surface area contributed by atoms with Crippen molar-refractivity contribution < 1.29 is 23.2 Å². The van der Waals surface area contributed by atoms with E-state index in [0.717, 1.165) is 5.56 Å². The number of benzene rings is 1. The summed E-state index contributed by atoms with van der Waals surface area (Å²) in [5.41, 5.74) is 1.46. The highest BCUT2D eigenvalue weighted by atomic mass is 35.5. The minimum atomic E-state index is -0.579. The third-order valence-electron chi connectivity index (χ3n) is 3.47. The average Bonchev–Trinajstić information content (AvgIpc) is 3.23. The Bertz CT molecular complexity index is 854. The molecule has 0 radical (unpaired) electrons. The number of methoxy groups -OCH3 is 1. The first-order chi connectivity index (χ1) is 11.6. The first kappa shape index (κ1) is 16.1. The molecule has 0 bridgehead atoms. The molecule has 2 aromatic heterocycles. The molecular weight excluding hydrogens is 334 g/mol. The minimum Gasteiger partial charge on any atom is -0.487 e. The molecular formula is C17H14ClNO5. The van der Waals surface area contributed by atoms with Gasteiger partial charge in [0.15, 0.2) is 5.69 Å². The Morgan fingerprint density at radius 2 is 2.17 bits per heavy atom. The van der Waals surface area contributed by atoms with Gasteiger partial charge in [-0.2, -0.15) is 0 Å². The van der Waals surface area contributed by atoms with Gasteiger partial charge in [0.25, 0.3) is 0 Å². The summed E-state index contributed by atoms with van der Waals surface area (Å²) >= 11 is 6.26. The van der Waals surface area contributed by atoms with Gasteiger partial charge in [0.1, 0.15) is 23.9 Å². The Morgan fingerprint density at radius 3 is 2.83 bits per heavy atom. The molecule has 0 fully saturated rings. The Balaban J connectivity index is 1.78. The number of ether oxygens (including phenoxy) is 2. The van der Waals surface area contributed by atoms with Gasteiger partial charge in [0.05, 0.1) is 24.0 Å². The SMILES string of the molecule is COC(=O)c1noc(C)c1COc1ccc(-c2ccco2)cc1Cl. The van der Waals surface area contributed by atoms with Crippen LogP contribution in [0.4, 0.5) is 0 Å². The van der Waals surface area contributed by atoms with E-state index in [-0.39, 0.29) is 12.3 Å². The van der Waals surface area contributed by atoms with E-state index >= 15 is 0 Å². The number of hydrogen-bond donors (Lipinski definition) is 0. The van der Waals surface area contributed by atoms with Crippen LogP contribution in [-0.4, -0.2) is 18.2 Å². The van der Waals surface area contributed by atoms with Gasteiger partial charge in [-0.3, -0.25) is 0 Å². The second kappa shape index (κ2) is 6.80. The Kier molecular flexibility index (Phi) is 4.57. The first-order valence-electron chi connectivity index (χ1n) is 7.10. The number of nitrogens with zero attached hydrogens (tertiary/aromatic N) is 1. The molecule has 3 aromatic rings. The average molecular weight is 348 g/mol. The number of carbonyl (C=O) groups excluding carboxylic acids is 1. The molecule has 24 heavy (non-hydrogen) atoms. The number of aromatic nitrogens is 1. The van der Waals surface area contributed by atoms with Crippen LogP contribution >= 0.6 is 11.6 Å². The summed E-state index contributed by atoms with van der Waals surface area (Å²) in [6, 6.07) is 8.96. The van der Waals surface area contributed by atoms with E-state index in [1.807, 2.05) is 12.1 Å². The van der Waals surface area contributed by atoms with Crippen molar-refractivity contribution in [2.45, 2.75) is 13.5 Å². The molecule has 0 amide bonds. The molecule has 0 saturated carbocycles. The number of halogens is 1. The van der Waals surface area contributed by atoms with Crippen LogP contribution in [0.15, 0.2) is 45.5 Å². The van der Waals surface area contributed by atoms with Crippen LogP contribution in [0.1, 0.15) is 21.8 Å². The van der Waals surface area contributed by atoms with E-state index in [4.69, 9.17) is 25.3 Å². The highest BCUT2D eigenvalue weighted by molar-refractivity contribution is 6.32. The van der Waals surface area contributed by atoms with Gasteiger partial charge in [0.2, 0.25) is 0 Å².